The number of hydrogen-bond donors (Lipinski definition) is 1. The SMILES string of the molecule is O=c1[nH]ncn1-c1ccc(F)c(F)c1. The van der Waals surface area contributed by atoms with Gasteiger partial charge < -0.3 is 0 Å². The second-order valence-electron chi connectivity index (χ2n) is 2.63. The smallest absolute Gasteiger partial charge is 0.250 e. The molecule has 0 unspecified atom stereocenters. The van der Waals surface area contributed by atoms with Crippen LogP contribution in [0, 0.1) is 11.6 Å². The number of hydrogen-bond acceptors (Lipinski definition) is 2. The van der Waals surface area contributed by atoms with Crippen molar-refractivity contribution in [3.63, 3.8) is 0 Å². The Morgan fingerprint density at radius 2 is 2.07 bits per heavy atom. The van der Waals surface area contributed by atoms with Crippen molar-refractivity contribution in [2.75, 3.05) is 0 Å². The van der Waals surface area contributed by atoms with E-state index in [0.29, 0.717) is 0 Å². The molecule has 1 aromatic heterocycles. The van der Waals surface area contributed by atoms with Gasteiger partial charge in [0.05, 0.1) is 5.69 Å². The minimum absolute atomic E-state index is 0.225. The molecule has 4 nitrogen and oxygen atoms in total. The van der Waals surface area contributed by atoms with Gasteiger partial charge in [0.15, 0.2) is 11.6 Å². The molecule has 0 spiro atoms. The number of aromatic nitrogens is 3. The molecular formula is C8H5F2N3O. The van der Waals surface area contributed by atoms with Crippen LogP contribution in [0.5, 0.6) is 0 Å². The van der Waals surface area contributed by atoms with Gasteiger partial charge in [0.2, 0.25) is 0 Å². The van der Waals surface area contributed by atoms with Gasteiger partial charge in [-0.3, -0.25) is 0 Å². The molecule has 0 bridgehead atoms. The summed E-state index contributed by atoms with van der Waals surface area (Å²) in [6, 6.07) is 3.16. The van der Waals surface area contributed by atoms with Crippen molar-refractivity contribution in [3.05, 3.63) is 46.6 Å². The summed E-state index contributed by atoms with van der Waals surface area (Å²) in [4.78, 5) is 11.0. The predicted octanol–water partition coefficient (Wildman–Crippen LogP) is 0.839. The molecule has 1 aromatic carbocycles. The number of nitrogens with zero attached hydrogens (tertiary/aromatic N) is 2. The average Bonchev–Trinajstić information content (AvgIpc) is 2.57. The first-order chi connectivity index (χ1) is 6.68. The van der Waals surface area contributed by atoms with Gasteiger partial charge in [0.1, 0.15) is 6.33 Å². The van der Waals surface area contributed by atoms with E-state index in [-0.39, 0.29) is 5.69 Å². The van der Waals surface area contributed by atoms with E-state index < -0.39 is 17.3 Å². The maximum atomic E-state index is 12.8. The quantitative estimate of drug-likeness (QED) is 0.736. The fourth-order valence-electron chi connectivity index (χ4n) is 1.07. The van der Waals surface area contributed by atoms with Crippen LogP contribution in [-0.2, 0) is 0 Å². The lowest BCUT2D eigenvalue weighted by Crippen LogP contribution is -2.14. The standard InChI is InChI=1S/C8H5F2N3O/c9-6-2-1-5(3-7(6)10)13-4-11-12-8(13)14/h1-4H,(H,12,14). The summed E-state index contributed by atoms with van der Waals surface area (Å²) >= 11 is 0. The molecule has 0 fully saturated rings. The summed E-state index contributed by atoms with van der Waals surface area (Å²) in [7, 11) is 0. The number of nitrogens with one attached hydrogen (secondary N) is 1. The summed E-state index contributed by atoms with van der Waals surface area (Å²) in [5.41, 5.74) is -0.279. The van der Waals surface area contributed by atoms with Crippen LogP contribution in [0.3, 0.4) is 0 Å². The molecule has 0 aliphatic carbocycles. The Bertz CT molecular complexity index is 517. The Hall–Kier alpha value is -1.98. The van der Waals surface area contributed by atoms with Gasteiger partial charge in [-0.15, -0.1) is 0 Å². The van der Waals surface area contributed by atoms with E-state index in [2.05, 4.69) is 10.2 Å². The van der Waals surface area contributed by atoms with Crippen molar-refractivity contribution in [2.24, 2.45) is 0 Å². The van der Waals surface area contributed by atoms with Crippen LogP contribution < -0.4 is 5.69 Å². The maximum Gasteiger partial charge on any atom is 0.347 e. The van der Waals surface area contributed by atoms with Crippen molar-refractivity contribution in [3.8, 4) is 5.69 Å². The molecule has 0 aliphatic rings. The number of rotatable bonds is 1. The first kappa shape index (κ1) is 8.61. The van der Waals surface area contributed by atoms with Gasteiger partial charge in [-0.05, 0) is 12.1 Å². The zero-order valence-electron chi connectivity index (χ0n) is 6.87. The van der Waals surface area contributed by atoms with Crippen molar-refractivity contribution in [1.29, 1.82) is 0 Å². The van der Waals surface area contributed by atoms with E-state index in [1.807, 2.05) is 0 Å². The molecule has 0 amide bonds. The molecule has 0 saturated heterocycles. The fraction of sp³-hybridized carbons (Fsp3) is 0. The lowest BCUT2D eigenvalue weighted by Gasteiger charge is -1.99. The van der Waals surface area contributed by atoms with Crippen LogP contribution in [0.25, 0.3) is 5.69 Å². The maximum absolute atomic E-state index is 12.8. The molecule has 1 heterocycles. The highest BCUT2D eigenvalue weighted by atomic mass is 19.2. The topological polar surface area (TPSA) is 50.7 Å². The first-order valence-electron chi connectivity index (χ1n) is 3.76. The molecule has 72 valence electrons. The van der Waals surface area contributed by atoms with Gasteiger partial charge in [-0.1, -0.05) is 0 Å². The highest BCUT2D eigenvalue weighted by molar-refractivity contribution is 5.31. The minimum Gasteiger partial charge on any atom is -0.250 e. The molecular weight excluding hydrogens is 192 g/mol. The third kappa shape index (κ3) is 1.30. The molecule has 2 rings (SSSR count). The Morgan fingerprint density at radius 3 is 2.64 bits per heavy atom. The number of benzene rings is 1. The Labute approximate surface area is 76.8 Å². The third-order valence-corrected chi connectivity index (χ3v) is 1.73. The van der Waals surface area contributed by atoms with Gasteiger partial charge in [0, 0.05) is 6.07 Å². The monoisotopic (exact) mass is 197 g/mol. The van der Waals surface area contributed by atoms with E-state index in [9.17, 15) is 13.6 Å². The van der Waals surface area contributed by atoms with Gasteiger partial charge in [-0.2, -0.15) is 5.10 Å². The Balaban J connectivity index is 2.59. The summed E-state index contributed by atoms with van der Waals surface area (Å²) in [6.45, 7) is 0. The predicted molar refractivity (Wildman–Crippen MR) is 44.1 cm³/mol. The zero-order chi connectivity index (χ0) is 10.1. The van der Waals surface area contributed by atoms with Crippen molar-refractivity contribution in [2.45, 2.75) is 0 Å². The molecule has 2 aromatic rings. The third-order valence-electron chi connectivity index (χ3n) is 1.73. The van der Waals surface area contributed by atoms with E-state index in [4.69, 9.17) is 0 Å². The molecule has 0 saturated carbocycles. The zero-order valence-corrected chi connectivity index (χ0v) is 6.87. The number of halogens is 2. The van der Waals surface area contributed by atoms with E-state index >= 15 is 0 Å². The summed E-state index contributed by atoms with van der Waals surface area (Å²) in [6.07, 6.45) is 1.19. The van der Waals surface area contributed by atoms with Crippen LogP contribution >= 0.6 is 0 Å². The van der Waals surface area contributed by atoms with E-state index in [1.54, 1.807) is 0 Å². The molecule has 0 atom stereocenters. The largest absolute Gasteiger partial charge is 0.347 e. The van der Waals surface area contributed by atoms with Crippen LogP contribution in [0.2, 0.25) is 0 Å². The minimum atomic E-state index is -1.00. The van der Waals surface area contributed by atoms with Gasteiger partial charge in [-0.25, -0.2) is 23.2 Å². The Kier molecular flexibility index (Phi) is 1.88. The summed E-state index contributed by atoms with van der Waals surface area (Å²) in [5, 5.41) is 5.60. The number of H-pyrrole nitrogens is 1. The normalized spacial score (nSPS) is 10.4. The van der Waals surface area contributed by atoms with Crippen LogP contribution in [0.1, 0.15) is 0 Å². The Morgan fingerprint density at radius 1 is 1.29 bits per heavy atom. The lowest BCUT2D eigenvalue weighted by molar-refractivity contribution is 0.508. The van der Waals surface area contributed by atoms with E-state index in [0.717, 1.165) is 16.7 Å². The number of aromatic amines is 1. The highest BCUT2D eigenvalue weighted by Gasteiger charge is 2.05. The van der Waals surface area contributed by atoms with Crippen molar-refractivity contribution in [1.82, 2.24) is 14.8 Å². The first-order valence-corrected chi connectivity index (χ1v) is 3.76. The van der Waals surface area contributed by atoms with Crippen LogP contribution in [0.15, 0.2) is 29.3 Å². The average molecular weight is 197 g/mol. The van der Waals surface area contributed by atoms with Crippen molar-refractivity contribution < 1.29 is 8.78 Å². The highest BCUT2D eigenvalue weighted by Crippen LogP contribution is 2.10. The van der Waals surface area contributed by atoms with Gasteiger partial charge >= 0.3 is 5.69 Å². The van der Waals surface area contributed by atoms with Crippen LogP contribution in [0.4, 0.5) is 8.78 Å². The molecule has 1 N–H and O–H groups in total. The lowest BCUT2D eigenvalue weighted by atomic mass is 10.3. The second-order valence-corrected chi connectivity index (χ2v) is 2.63. The van der Waals surface area contributed by atoms with E-state index in [1.165, 1.54) is 12.4 Å². The molecule has 6 heteroatoms. The summed E-state index contributed by atoms with van der Waals surface area (Å²) in [5.74, 6) is -1.96. The molecule has 14 heavy (non-hydrogen) atoms. The fourth-order valence-corrected chi connectivity index (χ4v) is 1.07. The molecule has 0 aliphatic heterocycles. The van der Waals surface area contributed by atoms with Crippen molar-refractivity contribution >= 4 is 0 Å². The van der Waals surface area contributed by atoms with Crippen LogP contribution in [-0.4, -0.2) is 14.8 Å². The second kappa shape index (κ2) is 3.06. The molecule has 0 radical (unpaired) electrons. The van der Waals surface area contributed by atoms with Gasteiger partial charge in [0.25, 0.3) is 0 Å². The summed E-state index contributed by atoms with van der Waals surface area (Å²) < 4.78 is 26.4.